The predicted octanol–water partition coefficient (Wildman–Crippen LogP) is 7.31. The molecule has 0 aromatic heterocycles. The summed E-state index contributed by atoms with van der Waals surface area (Å²) in [5.41, 5.74) is 2.37. The number of hydrogen-bond donors (Lipinski definition) is 0. The SMILES string of the molecule is CC(C1CCC2OC2C1)[Si](C)(C)c1cc([Si](C)(C)C(C)C2CCC3OC3C2)cc([Si](C)(C)C(C)C2CCC3OC3C2)c1. The Bertz CT molecular complexity index is 1030. The van der Waals surface area contributed by atoms with E-state index < -0.39 is 24.2 Å². The van der Waals surface area contributed by atoms with Gasteiger partial charge in [-0.3, -0.25) is 0 Å². The Hall–Kier alpha value is -0.249. The summed E-state index contributed by atoms with van der Waals surface area (Å²) < 4.78 is 18.0. The van der Waals surface area contributed by atoms with Crippen molar-refractivity contribution in [3.8, 4) is 0 Å². The second kappa shape index (κ2) is 10.7. The topological polar surface area (TPSA) is 37.6 Å². The van der Waals surface area contributed by atoms with Crippen LogP contribution in [0.15, 0.2) is 18.2 Å². The summed E-state index contributed by atoms with van der Waals surface area (Å²) in [7, 11) is -5.13. The monoisotopic (exact) mass is 624 g/mol. The highest BCUT2D eigenvalue weighted by atomic mass is 28.3. The predicted molar refractivity (Wildman–Crippen MR) is 184 cm³/mol. The zero-order chi connectivity index (χ0) is 29.8. The molecular weight excluding hydrogens is 565 g/mol. The fourth-order valence-electron chi connectivity index (χ4n) is 9.97. The molecule has 1 aromatic carbocycles. The molecule has 6 heteroatoms. The summed E-state index contributed by atoms with van der Waals surface area (Å²) in [6.07, 6.45) is 15.5. The number of fused-ring (bicyclic) bond motifs is 3. The first-order chi connectivity index (χ1) is 19.8. The van der Waals surface area contributed by atoms with Gasteiger partial charge < -0.3 is 14.2 Å². The zero-order valence-corrected chi connectivity index (χ0v) is 31.2. The molecule has 3 saturated carbocycles. The van der Waals surface area contributed by atoms with Crippen LogP contribution in [0.5, 0.6) is 0 Å². The third-order valence-corrected chi connectivity index (χ3v) is 28.4. The van der Waals surface area contributed by atoms with Crippen LogP contribution in [0.25, 0.3) is 0 Å². The second-order valence-corrected chi connectivity index (χ2v) is 32.5. The van der Waals surface area contributed by atoms with E-state index in [1.807, 2.05) is 0 Å². The molecule has 3 heterocycles. The summed E-state index contributed by atoms with van der Waals surface area (Å²) in [5, 5.41) is 5.31. The van der Waals surface area contributed by atoms with Gasteiger partial charge in [0.05, 0.1) is 60.8 Å². The highest BCUT2D eigenvalue weighted by molar-refractivity contribution is 6.96. The summed E-state index contributed by atoms with van der Waals surface area (Å²) >= 11 is 0. The molecule has 0 bridgehead atoms. The van der Waals surface area contributed by atoms with E-state index in [2.05, 4.69) is 78.3 Å². The van der Waals surface area contributed by atoms with Crippen molar-refractivity contribution < 1.29 is 14.2 Å². The van der Waals surface area contributed by atoms with E-state index >= 15 is 0 Å². The Kier molecular flexibility index (Phi) is 7.71. The molecule has 3 saturated heterocycles. The molecule has 6 aliphatic rings. The molecule has 3 aliphatic heterocycles. The van der Waals surface area contributed by atoms with Crippen molar-refractivity contribution >= 4 is 39.8 Å². The average Bonchev–Trinajstić information content (AvgIpc) is 3.86. The standard InChI is InChI=1S/C36H60O3Si3/c1-22(25-10-13-31-34(16-25)37-31)40(4,5)28-19-29(41(6,7)23(2)26-11-14-32-35(17-26)38-32)21-30(20-28)42(8,9)24(3)27-12-15-33-36(18-27)39-33/h19-27,31-36H,10-18H2,1-9H3. The van der Waals surface area contributed by atoms with Gasteiger partial charge in [-0.2, -0.15) is 0 Å². The van der Waals surface area contributed by atoms with Gasteiger partial charge in [-0.15, -0.1) is 0 Å². The van der Waals surface area contributed by atoms with Gasteiger partial charge in [-0.05, 0) is 92.2 Å². The third-order valence-electron chi connectivity index (χ3n) is 14.8. The third kappa shape index (κ3) is 5.44. The lowest BCUT2D eigenvalue weighted by atomic mass is 9.87. The van der Waals surface area contributed by atoms with Gasteiger partial charge in [-0.25, -0.2) is 0 Å². The van der Waals surface area contributed by atoms with Gasteiger partial charge in [0.15, 0.2) is 0 Å². The van der Waals surface area contributed by atoms with Gasteiger partial charge in [0, 0.05) is 0 Å². The number of rotatable bonds is 9. The summed E-state index contributed by atoms with van der Waals surface area (Å²) in [6, 6.07) is 8.39. The summed E-state index contributed by atoms with van der Waals surface area (Å²) in [6.45, 7) is 24.2. The van der Waals surface area contributed by atoms with E-state index in [1.165, 1.54) is 57.8 Å². The van der Waals surface area contributed by atoms with Gasteiger partial charge >= 0.3 is 0 Å². The van der Waals surface area contributed by atoms with Crippen LogP contribution in [0.3, 0.4) is 0 Å². The zero-order valence-electron chi connectivity index (χ0n) is 28.2. The molecule has 1 aromatic rings. The fourth-order valence-corrected chi connectivity index (χ4v) is 19.6. The Balaban J connectivity index is 1.23. The molecule has 42 heavy (non-hydrogen) atoms. The van der Waals surface area contributed by atoms with Crippen molar-refractivity contribution in [3.05, 3.63) is 18.2 Å². The Morgan fingerprint density at radius 2 is 0.714 bits per heavy atom. The van der Waals surface area contributed by atoms with Crippen LogP contribution in [0.4, 0.5) is 0 Å². The first-order valence-corrected chi connectivity index (χ1v) is 27.1. The molecule has 3 aliphatic carbocycles. The van der Waals surface area contributed by atoms with Crippen LogP contribution in [0.1, 0.15) is 78.6 Å². The Morgan fingerprint density at radius 3 is 0.952 bits per heavy atom. The number of benzene rings is 1. The highest BCUT2D eigenvalue weighted by Gasteiger charge is 2.51. The molecule has 6 fully saturated rings. The molecule has 234 valence electrons. The minimum absolute atomic E-state index is 0.577. The second-order valence-electron chi connectivity index (χ2n) is 17.7. The molecule has 12 atom stereocenters. The van der Waals surface area contributed by atoms with Gasteiger partial charge in [0.2, 0.25) is 0 Å². The van der Waals surface area contributed by atoms with Crippen LogP contribution < -0.4 is 15.6 Å². The maximum Gasteiger partial charge on any atom is 0.0844 e. The van der Waals surface area contributed by atoms with Gasteiger partial charge in [0.1, 0.15) is 0 Å². The van der Waals surface area contributed by atoms with E-state index in [-0.39, 0.29) is 0 Å². The largest absolute Gasteiger partial charge is 0.370 e. The molecule has 0 N–H and O–H groups in total. The fraction of sp³-hybridized carbons (Fsp3) is 0.833. The molecule has 0 spiro atoms. The van der Waals surface area contributed by atoms with Crippen molar-refractivity contribution in [1.29, 1.82) is 0 Å². The smallest absolute Gasteiger partial charge is 0.0844 e. The van der Waals surface area contributed by atoms with Crippen molar-refractivity contribution in [1.82, 2.24) is 0 Å². The quantitative estimate of drug-likeness (QED) is 0.214. The van der Waals surface area contributed by atoms with Crippen LogP contribution in [0, 0.1) is 17.8 Å². The molecule has 7 rings (SSSR count). The first-order valence-electron chi connectivity index (χ1n) is 17.9. The van der Waals surface area contributed by atoms with Crippen molar-refractivity contribution in [2.24, 2.45) is 17.8 Å². The van der Waals surface area contributed by atoms with E-state index in [1.54, 1.807) is 15.6 Å². The molecular formula is C36H60O3Si3. The Morgan fingerprint density at radius 1 is 0.452 bits per heavy atom. The molecule has 0 amide bonds. The lowest BCUT2D eigenvalue weighted by Crippen LogP contribution is -2.58. The number of epoxide rings is 3. The highest BCUT2D eigenvalue weighted by Crippen LogP contribution is 2.49. The number of hydrogen-bond acceptors (Lipinski definition) is 3. The van der Waals surface area contributed by atoms with Gasteiger partial charge in [0.25, 0.3) is 0 Å². The average molecular weight is 625 g/mol. The van der Waals surface area contributed by atoms with E-state index in [0.717, 1.165) is 34.4 Å². The van der Waals surface area contributed by atoms with Crippen LogP contribution in [-0.2, 0) is 14.2 Å². The maximum absolute atomic E-state index is 6.00. The number of ether oxygens (including phenoxy) is 3. The molecule has 12 unspecified atom stereocenters. The minimum Gasteiger partial charge on any atom is -0.370 e. The molecule has 0 radical (unpaired) electrons. The van der Waals surface area contributed by atoms with E-state index in [4.69, 9.17) is 14.2 Å². The van der Waals surface area contributed by atoms with Crippen molar-refractivity contribution in [2.45, 2.75) is 171 Å². The van der Waals surface area contributed by atoms with Gasteiger partial charge in [-0.1, -0.05) is 93.8 Å². The van der Waals surface area contributed by atoms with E-state index in [0.29, 0.717) is 36.6 Å². The summed E-state index contributed by atoms with van der Waals surface area (Å²) in [4.78, 5) is 0. The Labute approximate surface area is 260 Å². The normalized spacial score (nSPS) is 39.8. The molecule has 3 nitrogen and oxygen atoms in total. The van der Waals surface area contributed by atoms with Crippen LogP contribution in [0.2, 0.25) is 55.9 Å². The van der Waals surface area contributed by atoms with Crippen LogP contribution in [-0.4, -0.2) is 60.8 Å². The van der Waals surface area contributed by atoms with E-state index in [9.17, 15) is 0 Å². The van der Waals surface area contributed by atoms with Crippen LogP contribution >= 0.6 is 0 Å². The lowest BCUT2D eigenvalue weighted by Gasteiger charge is -2.42. The minimum atomic E-state index is -1.71. The van der Waals surface area contributed by atoms with Crippen molar-refractivity contribution in [2.75, 3.05) is 0 Å². The summed E-state index contributed by atoms with van der Waals surface area (Å²) in [5.74, 6) is 2.50. The maximum atomic E-state index is 6.00. The first kappa shape index (κ1) is 30.4. The lowest BCUT2D eigenvalue weighted by molar-refractivity contribution is 0.355. The van der Waals surface area contributed by atoms with Crippen molar-refractivity contribution in [3.63, 3.8) is 0 Å².